The Morgan fingerprint density at radius 2 is 2.08 bits per heavy atom. The van der Waals surface area contributed by atoms with Crippen LogP contribution in [0.5, 0.6) is 0 Å². The summed E-state index contributed by atoms with van der Waals surface area (Å²) in [6.07, 6.45) is 1.15. The molecule has 1 aromatic rings. The van der Waals surface area contributed by atoms with Gasteiger partial charge in [0.05, 0.1) is 0 Å². The molecule has 0 aromatic heterocycles. The van der Waals surface area contributed by atoms with Crippen LogP contribution >= 0.6 is 0 Å². The number of nitrogens with one attached hydrogen (secondary N) is 1. The summed E-state index contributed by atoms with van der Waals surface area (Å²) in [5, 5.41) is 3.51. The fraction of sp³-hybridized carbons (Fsp3) is 0.455. The van der Waals surface area contributed by atoms with E-state index in [2.05, 4.69) is 44.3 Å². The number of rotatable bonds is 0. The smallest absolute Gasteiger partial charge is 0.0380 e. The van der Waals surface area contributed by atoms with E-state index in [0.717, 1.165) is 6.42 Å². The summed E-state index contributed by atoms with van der Waals surface area (Å²) in [4.78, 5) is 0. The fourth-order valence-corrected chi connectivity index (χ4v) is 1.90. The Labute approximate surface area is 73.8 Å². The summed E-state index contributed by atoms with van der Waals surface area (Å²) in [6, 6.07) is 6.46. The summed E-state index contributed by atoms with van der Waals surface area (Å²) in [5.74, 6) is 0. The highest BCUT2D eigenvalue weighted by Gasteiger charge is 2.27. The molecule has 1 aromatic carbocycles. The maximum absolute atomic E-state index is 3.51. The van der Waals surface area contributed by atoms with Crippen molar-refractivity contribution in [2.24, 2.45) is 0 Å². The van der Waals surface area contributed by atoms with E-state index < -0.39 is 0 Å². The van der Waals surface area contributed by atoms with E-state index in [1.807, 2.05) is 0 Å². The zero-order chi connectivity index (χ0) is 8.77. The molecule has 2 rings (SSSR count). The van der Waals surface area contributed by atoms with Gasteiger partial charge in [-0.15, -0.1) is 0 Å². The van der Waals surface area contributed by atoms with E-state index in [9.17, 15) is 0 Å². The standard InChI is InChI=1S/C11H15N/c1-8-5-4-6-10-9(8)7-11(2,3)12-10/h4-6,12H,7H2,1-3H3. The Kier molecular flexibility index (Phi) is 1.44. The van der Waals surface area contributed by atoms with Crippen LogP contribution < -0.4 is 5.32 Å². The summed E-state index contributed by atoms with van der Waals surface area (Å²) in [6.45, 7) is 6.67. The van der Waals surface area contributed by atoms with Crippen LogP contribution in [0.3, 0.4) is 0 Å². The molecule has 0 radical (unpaired) electrons. The average Bonchev–Trinajstić information content (AvgIpc) is 2.25. The van der Waals surface area contributed by atoms with Crippen molar-refractivity contribution in [3.63, 3.8) is 0 Å². The molecular weight excluding hydrogens is 146 g/mol. The largest absolute Gasteiger partial charge is 0.380 e. The highest BCUT2D eigenvalue weighted by Crippen LogP contribution is 2.33. The van der Waals surface area contributed by atoms with Gasteiger partial charge in [-0.05, 0) is 44.4 Å². The normalized spacial score (nSPS) is 18.6. The molecule has 0 amide bonds. The minimum Gasteiger partial charge on any atom is -0.380 e. The second-order valence-corrected chi connectivity index (χ2v) is 4.29. The van der Waals surface area contributed by atoms with Crippen molar-refractivity contribution in [2.45, 2.75) is 32.7 Å². The molecule has 1 heteroatoms. The minimum absolute atomic E-state index is 0.244. The van der Waals surface area contributed by atoms with Crippen LogP contribution in [0.1, 0.15) is 25.0 Å². The fourth-order valence-electron chi connectivity index (χ4n) is 1.90. The van der Waals surface area contributed by atoms with Gasteiger partial charge >= 0.3 is 0 Å². The Morgan fingerprint density at radius 1 is 1.33 bits per heavy atom. The number of anilines is 1. The molecule has 0 unspecified atom stereocenters. The van der Waals surface area contributed by atoms with Crippen LogP contribution in [-0.4, -0.2) is 5.54 Å². The van der Waals surface area contributed by atoms with Crippen molar-refractivity contribution in [3.8, 4) is 0 Å². The van der Waals surface area contributed by atoms with Crippen LogP contribution in [0, 0.1) is 6.92 Å². The second kappa shape index (κ2) is 2.25. The monoisotopic (exact) mass is 161 g/mol. The zero-order valence-corrected chi connectivity index (χ0v) is 7.94. The predicted octanol–water partition coefficient (Wildman–Crippen LogP) is 2.74. The van der Waals surface area contributed by atoms with Gasteiger partial charge in [0, 0.05) is 11.2 Å². The molecule has 1 aliphatic rings. The third-order valence-corrected chi connectivity index (χ3v) is 2.50. The van der Waals surface area contributed by atoms with Crippen LogP contribution in [0.2, 0.25) is 0 Å². The molecule has 0 bridgehead atoms. The molecule has 1 heterocycles. The van der Waals surface area contributed by atoms with Crippen molar-refractivity contribution < 1.29 is 0 Å². The molecule has 1 aliphatic heterocycles. The first-order valence-corrected chi connectivity index (χ1v) is 4.45. The summed E-state index contributed by atoms with van der Waals surface area (Å²) in [5.41, 5.74) is 4.46. The van der Waals surface area contributed by atoms with E-state index in [1.54, 1.807) is 0 Å². The topological polar surface area (TPSA) is 12.0 Å². The first-order chi connectivity index (χ1) is 5.58. The summed E-state index contributed by atoms with van der Waals surface area (Å²) in [7, 11) is 0. The van der Waals surface area contributed by atoms with E-state index in [-0.39, 0.29) is 5.54 Å². The lowest BCUT2D eigenvalue weighted by atomic mass is 9.98. The van der Waals surface area contributed by atoms with Gasteiger partial charge in [0.1, 0.15) is 0 Å². The van der Waals surface area contributed by atoms with Gasteiger partial charge in [-0.25, -0.2) is 0 Å². The van der Waals surface area contributed by atoms with Gasteiger partial charge in [-0.3, -0.25) is 0 Å². The van der Waals surface area contributed by atoms with Crippen LogP contribution in [-0.2, 0) is 6.42 Å². The van der Waals surface area contributed by atoms with Gasteiger partial charge < -0.3 is 5.32 Å². The Hall–Kier alpha value is -0.980. The zero-order valence-electron chi connectivity index (χ0n) is 7.94. The van der Waals surface area contributed by atoms with Gasteiger partial charge in [-0.1, -0.05) is 12.1 Å². The van der Waals surface area contributed by atoms with Crippen molar-refractivity contribution in [1.29, 1.82) is 0 Å². The van der Waals surface area contributed by atoms with Gasteiger partial charge in [-0.2, -0.15) is 0 Å². The lowest BCUT2D eigenvalue weighted by Gasteiger charge is -2.17. The van der Waals surface area contributed by atoms with Crippen molar-refractivity contribution in [2.75, 3.05) is 5.32 Å². The first kappa shape index (κ1) is 7.66. The maximum atomic E-state index is 3.51. The van der Waals surface area contributed by atoms with Crippen molar-refractivity contribution in [1.82, 2.24) is 0 Å². The molecule has 1 N–H and O–H groups in total. The molecule has 0 fully saturated rings. The quantitative estimate of drug-likeness (QED) is 0.617. The molecule has 12 heavy (non-hydrogen) atoms. The van der Waals surface area contributed by atoms with E-state index >= 15 is 0 Å². The van der Waals surface area contributed by atoms with Gasteiger partial charge in [0.25, 0.3) is 0 Å². The Balaban J connectivity index is 2.48. The Bertz CT molecular complexity index is 313. The average molecular weight is 161 g/mol. The third-order valence-electron chi connectivity index (χ3n) is 2.50. The molecule has 0 saturated carbocycles. The third kappa shape index (κ3) is 1.09. The predicted molar refractivity (Wildman–Crippen MR) is 52.6 cm³/mol. The second-order valence-electron chi connectivity index (χ2n) is 4.29. The number of benzene rings is 1. The van der Waals surface area contributed by atoms with Crippen molar-refractivity contribution in [3.05, 3.63) is 29.3 Å². The number of fused-ring (bicyclic) bond motifs is 1. The summed E-state index contributed by atoms with van der Waals surface area (Å²) < 4.78 is 0. The van der Waals surface area contributed by atoms with Gasteiger partial charge in [0.15, 0.2) is 0 Å². The van der Waals surface area contributed by atoms with Gasteiger partial charge in [0.2, 0.25) is 0 Å². The molecule has 64 valence electrons. The Morgan fingerprint density at radius 3 is 2.75 bits per heavy atom. The van der Waals surface area contributed by atoms with Crippen molar-refractivity contribution >= 4 is 5.69 Å². The molecule has 0 aliphatic carbocycles. The lowest BCUT2D eigenvalue weighted by molar-refractivity contribution is 0.593. The summed E-state index contributed by atoms with van der Waals surface area (Å²) >= 11 is 0. The van der Waals surface area contributed by atoms with E-state index in [0.29, 0.717) is 0 Å². The van der Waals surface area contributed by atoms with E-state index in [1.165, 1.54) is 16.8 Å². The number of aryl methyl sites for hydroxylation is 1. The molecule has 0 atom stereocenters. The maximum Gasteiger partial charge on any atom is 0.0380 e. The van der Waals surface area contributed by atoms with Crippen LogP contribution in [0.25, 0.3) is 0 Å². The molecule has 0 spiro atoms. The first-order valence-electron chi connectivity index (χ1n) is 4.45. The lowest BCUT2D eigenvalue weighted by Crippen LogP contribution is -2.27. The number of hydrogen-bond acceptors (Lipinski definition) is 1. The van der Waals surface area contributed by atoms with E-state index in [4.69, 9.17) is 0 Å². The highest BCUT2D eigenvalue weighted by atomic mass is 15.0. The number of hydrogen-bond donors (Lipinski definition) is 1. The van der Waals surface area contributed by atoms with Crippen LogP contribution in [0.15, 0.2) is 18.2 Å². The molecular formula is C11H15N. The molecule has 0 saturated heterocycles. The highest BCUT2D eigenvalue weighted by molar-refractivity contribution is 5.61. The SMILES string of the molecule is Cc1cccc2c1CC(C)(C)N2. The van der Waals surface area contributed by atoms with Crippen LogP contribution in [0.4, 0.5) is 5.69 Å². The minimum atomic E-state index is 0.244. The molecule has 1 nitrogen and oxygen atoms in total.